The number of aromatic nitrogens is 1. The van der Waals surface area contributed by atoms with Gasteiger partial charge in [-0.25, -0.2) is 4.98 Å². The van der Waals surface area contributed by atoms with Crippen LogP contribution in [0.25, 0.3) is 0 Å². The normalized spacial score (nSPS) is 23.3. The van der Waals surface area contributed by atoms with E-state index >= 15 is 0 Å². The van der Waals surface area contributed by atoms with Gasteiger partial charge in [-0.2, -0.15) is 0 Å². The second-order valence-corrected chi connectivity index (χ2v) is 5.96. The monoisotopic (exact) mass is 222 g/mol. The van der Waals surface area contributed by atoms with Gasteiger partial charge in [-0.3, -0.25) is 0 Å². The van der Waals surface area contributed by atoms with Crippen molar-refractivity contribution < 1.29 is 0 Å². The summed E-state index contributed by atoms with van der Waals surface area (Å²) in [4.78, 5) is 6.27. The molecule has 2 aliphatic rings. The molecule has 2 nitrogen and oxygen atoms in total. The van der Waals surface area contributed by atoms with Crippen molar-refractivity contribution in [2.24, 2.45) is 11.7 Å². The SMILES string of the molecule is NC(c1nc2c(s1)CCCC2)C1CCC1. The van der Waals surface area contributed by atoms with Crippen molar-refractivity contribution in [3.05, 3.63) is 15.6 Å². The summed E-state index contributed by atoms with van der Waals surface area (Å²) >= 11 is 1.88. The molecule has 0 radical (unpaired) electrons. The molecule has 0 amide bonds. The van der Waals surface area contributed by atoms with E-state index < -0.39 is 0 Å². The van der Waals surface area contributed by atoms with Crippen molar-refractivity contribution in [3.8, 4) is 0 Å². The topological polar surface area (TPSA) is 38.9 Å². The Morgan fingerprint density at radius 3 is 2.67 bits per heavy atom. The summed E-state index contributed by atoms with van der Waals surface area (Å²) in [6.07, 6.45) is 9.07. The summed E-state index contributed by atoms with van der Waals surface area (Å²) < 4.78 is 0. The fraction of sp³-hybridized carbons (Fsp3) is 0.750. The highest BCUT2D eigenvalue weighted by Crippen LogP contribution is 2.39. The molecular weight excluding hydrogens is 204 g/mol. The number of hydrogen-bond acceptors (Lipinski definition) is 3. The van der Waals surface area contributed by atoms with E-state index in [4.69, 9.17) is 10.7 Å². The molecule has 82 valence electrons. The first-order valence-electron chi connectivity index (χ1n) is 6.08. The van der Waals surface area contributed by atoms with Gasteiger partial charge in [0, 0.05) is 4.88 Å². The fourth-order valence-corrected chi connectivity index (χ4v) is 3.76. The van der Waals surface area contributed by atoms with E-state index in [0.29, 0.717) is 0 Å². The van der Waals surface area contributed by atoms with Crippen molar-refractivity contribution in [3.63, 3.8) is 0 Å². The van der Waals surface area contributed by atoms with Crippen LogP contribution in [0.15, 0.2) is 0 Å². The average Bonchev–Trinajstić information content (AvgIpc) is 2.58. The largest absolute Gasteiger partial charge is 0.322 e. The Labute approximate surface area is 94.9 Å². The van der Waals surface area contributed by atoms with Crippen molar-refractivity contribution in [2.45, 2.75) is 51.0 Å². The minimum atomic E-state index is 0.231. The number of fused-ring (bicyclic) bond motifs is 1. The second-order valence-electron chi connectivity index (χ2n) is 4.85. The number of hydrogen-bond donors (Lipinski definition) is 1. The number of nitrogens with zero attached hydrogens (tertiary/aromatic N) is 1. The Balaban J connectivity index is 1.82. The van der Waals surface area contributed by atoms with Crippen LogP contribution in [0.2, 0.25) is 0 Å². The Morgan fingerprint density at radius 1 is 1.20 bits per heavy atom. The lowest BCUT2D eigenvalue weighted by Crippen LogP contribution is -2.26. The maximum absolute atomic E-state index is 6.26. The number of nitrogens with two attached hydrogens (primary N) is 1. The summed E-state index contributed by atoms with van der Waals surface area (Å²) in [5, 5.41) is 1.21. The standard InChI is InChI=1S/C12H18N2S/c13-11(8-4-3-5-8)12-14-9-6-1-2-7-10(9)15-12/h8,11H,1-7,13H2. The minimum absolute atomic E-state index is 0.231. The first-order valence-corrected chi connectivity index (χ1v) is 6.90. The molecular formula is C12H18N2S. The van der Waals surface area contributed by atoms with Crippen LogP contribution in [0, 0.1) is 5.92 Å². The van der Waals surface area contributed by atoms with E-state index in [-0.39, 0.29) is 6.04 Å². The van der Waals surface area contributed by atoms with Gasteiger partial charge < -0.3 is 5.73 Å². The average molecular weight is 222 g/mol. The van der Waals surface area contributed by atoms with Gasteiger partial charge in [0.05, 0.1) is 11.7 Å². The summed E-state index contributed by atoms with van der Waals surface area (Å²) in [6.45, 7) is 0. The predicted molar refractivity (Wildman–Crippen MR) is 63.0 cm³/mol. The highest BCUT2D eigenvalue weighted by Gasteiger charge is 2.28. The molecule has 0 saturated heterocycles. The maximum atomic E-state index is 6.26. The van der Waals surface area contributed by atoms with Gasteiger partial charge in [0.1, 0.15) is 5.01 Å². The zero-order valence-electron chi connectivity index (χ0n) is 9.04. The van der Waals surface area contributed by atoms with Crippen LogP contribution in [0.3, 0.4) is 0 Å². The lowest BCUT2D eigenvalue weighted by atomic mass is 9.80. The van der Waals surface area contributed by atoms with E-state index in [0.717, 1.165) is 5.92 Å². The van der Waals surface area contributed by atoms with Crippen molar-refractivity contribution in [2.75, 3.05) is 0 Å². The van der Waals surface area contributed by atoms with Gasteiger partial charge in [-0.15, -0.1) is 11.3 Å². The summed E-state index contributed by atoms with van der Waals surface area (Å²) in [5.74, 6) is 0.720. The zero-order chi connectivity index (χ0) is 10.3. The number of rotatable bonds is 2. The third-order valence-corrected chi connectivity index (χ3v) is 5.06. The van der Waals surface area contributed by atoms with Crippen molar-refractivity contribution in [1.29, 1.82) is 0 Å². The van der Waals surface area contributed by atoms with Gasteiger partial charge in [0.15, 0.2) is 0 Å². The molecule has 0 aromatic carbocycles. The van der Waals surface area contributed by atoms with Crippen LogP contribution >= 0.6 is 11.3 Å². The van der Waals surface area contributed by atoms with Crippen molar-refractivity contribution in [1.82, 2.24) is 4.98 Å². The second kappa shape index (κ2) is 3.87. The van der Waals surface area contributed by atoms with E-state index in [1.54, 1.807) is 0 Å². The summed E-state index contributed by atoms with van der Waals surface area (Å²) in [6, 6.07) is 0.231. The van der Waals surface area contributed by atoms with Crippen LogP contribution in [0.5, 0.6) is 0 Å². The van der Waals surface area contributed by atoms with Crippen molar-refractivity contribution >= 4 is 11.3 Å². The molecule has 0 bridgehead atoms. The Bertz CT molecular complexity index is 331. The highest BCUT2D eigenvalue weighted by atomic mass is 32.1. The van der Waals surface area contributed by atoms with Crippen LogP contribution in [0.1, 0.15) is 53.7 Å². The minimum Gasteiger partial charge on any atom is -0.322 e. The lowest BCUT2D eigenvalue weighted by Gasteiger charge is -2.29. The van der Waals surface area contributed by atoms with Gasteiger partial charge >= 0.3 is 0 Å². The molecule has 15 heavy (non-hydrogen) atoms. The Hall–Kier alpha value is -0.410. The Kier molecular flexibility index (Phi) is 2.53. The Morgan fingerprint density at radius 2 is 2.00 bits per heavy atom. The van der Waals surface area contributed by atoms with Gasteiger partial charge in [0.2, 0.25) is 0 Å². The van der Waals surface area contributed by atoms with Gasteiger partial charge in [0.25, 0.3) is 0 Å². The maximum Gasteiger partial charge on any atom is 0.110 e. The van der Waals surface area contributed by atoms with E-state index in [2.05, 4.69) is 0 Å². The molecule has 2 N–H and O–H groups in total. The van der Waals surface area contributed by atoms with Crippen LogP contribution < -0.4 is 5.73 Å². The van der Waals surface area contributed by atoms with Crippen LogP contribution in [-0.4, -0.2) is 4.98 Å². The van der Waals surface area contributed by atoms with Gasteiger partial charge in [-0.1, -0.05) is 6.42 Å². The molecule has 0 spiro atoms. The smallest absolute Gasteiger partial charge is 0.110 e. The molecule has 1 aromatic rings. The van der Waals surface area contributed by atoms with E-state index in [1.165, 1.54) is 60.5 Å². The zero-order valence-corrected chi connectivity index (χ0v) is 9.85. The molecule has 1 atom stereocenters. The molecule has 1 fully saturated rings. The molecule has 2 aliphatic carbocycles. The highest BCUT2D eigenvalue weighted by molar-refractivity contribution is 7.11. The molecule has 0 aliphatic heterocycles. The molecule has 1 unspecified atom stereocenters. The number of thiazole rings is 1. The molecule has 1 heterocycles. The summed E-state index contributed by atoms with van der Waals surface area (Å²) in [5.41, 5.74) is 7.62. The third kappa shape index (κ3) is 1.72. The first kappa shape index (κ1) is 9.79. The van der Waals surface area contributed by atoms with Crippen LogP contribution in [-0.2, 0) is 12.8 Å². The number of aryl methyl sites for hydroxylation is 2. The fourth-order valence-electron chi connectivity index (χ4n) is 2.52. The van der Waals surface area contributed by atoms with Crippen LogP contribution in [0.4, 0.5) is 0 Å². The summed E-state index contributed by atoms with van der Waals surface area (Å²) in [7, 11) is 0. The molecule has 1 saturated carbocycles. The molecule has 3 rings (SSSR count). The first-order chi connectivity index (χ1) is 7.34. The quantitative estimate of drug-likeness (QED) is 0.835. The molecule has 3 heteroatoms. The van der Waals surface area contributed by atoms with E-state index in [1.807, 2.05) is 11.3 Å². The lowest BCUT2D eigenvalue weighted by molar-refractivity contribution is 0.264. The third-order valence-electron chi connectivity index (χ3n) is 3.81. The molecule has 1 aromatic heterocycles. The van der Waals surface area contributed by atoms with E-state index in [9.17, 15) is 0 Å². The van der Waals surface area contributed by atoms with Gasteiger partial charge in [-0.05, 0) is 44.4 Å². The predicted octanol–water partition coefficient (Wildman–Crippen LogP) is 2.82.